The van der Waals surface area contributed by atoms with Gasteiger partial charge in [0.25, 0.3) is 0 Å². The first-order valence-electron chi connectivity index (χ1n) is 6.44. The molecule has 0 amide bonds. The zero-order chi connectivity index (χ0) is 14.8. The van der Waals surface area contributed by atoms with Gasteiger partial charge in [0.1, 0.15) is 11.6 Å². The minimum absolute atomic E-state index is 0.307. The molecule has 0 saturated carbocycles. The maximum atomic E-state index is 14.0. The van der Waals surface area contributed by atoms with Gasteiger partial charge in [-0.25, -0.2) is 8.78 Å². The first-order valence-corrected chi connectivity index (χ1v) is 7.23. The topological polar surface area (TPSA) is 26.0 Å². The summed E-state index contributed by atoms with van der Waals surface area (Å²) in [6.45, 7) is 1.92. The molecule has 0 aliphatic rings. The monoisotopic (exact) mass is 339 g/mol. The van der Waals surface area contributed by atoms with Gasteiger partial charge in [0, 0.05) is 11.1 Å². The number of rotatable bonds is 4. The Kier molecular flexibility index (Phi) is 4.55. The fourth-order valence-corrected chi connectivity index (χ4v) is 2.72. The van der Waals surface area contributed by atoms with Crippen LogP contribution in [0.25, 0.3) is 0 Å². The lowest BCUT2D eigenvalue weighted by Crippen LogP contribution is -2.39. The molecule has 20 heavy (non-hydrogen) atoms. The summed E-state index contributed by atoms with van der Waals surface area (Å²) < 4.78 is 27.6. The normalized spacial score (nSPS) is 14.1. The predicted molar refractivity (Wildman–Crippen MR) is 80.4 cm³/mol. The molecule has 1 nitrogen and oxygen atoms in total. The van der Waals surface area contributed by atoms with E-state index >= 15 is 0 Å². The van der Waals surface area contributed by atoms with Gasteiger partial charge in [-0.15, -0.1) is 0 Å². The van der Waals surface area contributed by atoms with Crippen LogP contribution in [0, 0.1) is 11.6 Å². The molecule has 2 N–H and O–H groups in total. The van der Waals surface area contributed by atoms with Crippen molar-refractivity contribution >= 4 is 15.9 Å². The van der Waals surface area contributed by atoms with E-state index in [-0.39, 0.29) is 11.6 Å². The molecule has 0 radical (unpaired) electrons. The quantitative estimate of drug-likeness (QED) is 0.869. The van der Waals surface area contributed by atoms with Crippen LogP contribution in [0.1, 0.15) is 24.5 Å². The molecule has 1 unspecified atom stereocenters. The van der Waals surface area contributed by atoms with Crippen molar-refractivity contribution in [3.63, 3.8) is 0 Å². The number of hydrogen-bond donors (Lipinski definition) is 1. The minimum Gasteiger partial charge on any atom is -0.321 e. The molecule has 0 aliphatic heterocycles. The Morgan fingerprint density at radius 1 is 1.10 bits per heavy atom. The van der Waals surface area contributed by atoms with E-state index in [4.69, 9.17) is 5.73 Å². The van der Waals surface area contributed by atoms with Gasteiger partial charge in [0.05, 0.1) is 4.47 Å². The Morgan fingerprint density at radius 2 is 1.80 bits per heavy atom. The highest BCUT2D eigenvalue weighted by Crippen LogP contribution is 2.30. The summed E-state index contributed by atoms with van der Waals surface area (Å²) in [6, 6.07) is 11.3. The van der Waals surface area contributed by atoms with Crippen LogP contribution in [-0.4, -0.2) is 0 Å². The summed E-state index contributed by atoms with van der Waals surface area (Å²) in [5, 5.41) is 0. The lowest BCUT2D eigenvalue weighted by atomic mass is 9.82. The Labute approximate surface area is 125 Å². The van der Waals surface area contributed by atoms with Gasteiger partial charge < -0.3 is 5.73 Å². The van der Waals surface area contributed by atoms with Crippen molar-refractivity contribution < 1.29 is 8.78 Å². The highest BCUT2D eigenvalue weighted by molar-refractivity contribution is 9.10. The molecule has 2 aromatic carbocycles. The Hall–Kier alpha value is -1.26. The van der Waals surface area contributed by atoms with Gasteiger partial charge in [-0.05, 0) is 52.5 Å². The summed E-state index contributed by atoms with van der Waals surface area (Å²) in [5.74, 6) is -0.628. The third-order valence-corrected chi connectivity index (χ3v) is 4.15. The lowest BCUT2D eigenvalue weighted by molar-refractivity contribution is 0.402. The van der Waals surface area contributed by atoms with Crippen LogP contribution in [-0.2, 0) is 12.0 Å². The second kappa shape index (κ2) is 6.02. The third-order valence-electron chi connectivity index (χ3n) is 3.54. The Balaban J connectivity index is 2.36. The molecule has 2 rings (SSSR count). The van der Waals surface area contributed by atoms with Crippen LogP contribution in [0.15, 0.2) is 46.9 Å². The standard InChI is InChI=1S/C16H16BrF2N/c1-2-16(20,12-5-3-4-6-14(12)18)10-11-7-8-15(19)13(17)9-11/h3-9H,2,10,20H2,1H3. The van der Waals surface area contributed by atoms with Crippen molar-refractivity contribution in [3.8, 4) is 0 Å². The van der Waals surface area contributed by atoms with E-state index in [9.17, 15) is 8.78 Å². The van der Waals surface area contributed by atoms with Crippen molar-refractivity contribution in [2.45, 2.75) is 25.3 Å². The number of hydrogen-bond acceptors (Lipinski definition) is 1. The van der Waals surface area contributed by atoms with Crippen LogP contribution >= 0.6 is 15.9 Å². The van der Waals surface area contributed by atoms with Gasteiger partial charge in [-0.3, -0.25) is 0 Å². The smallest absolute Gasteiger partial charge is 0.137 e. The third kappa shape index (κ3) is 3.07. The van der Waals surface area contributed by atoms with Gasteiger partial charge in [-0.2, -0.15) is 0 Å². The van der Waals surface area contributed by atoms with Crippen molar-refractivity contribution in [1.29, 1.82) is 0 Å². The number of benzene rings is 2. The Morgan fingerprint density at radius 3 is 2.40 bits per heavy atom. The van der Waals surface area contributed by atoms with Crippen molar-refractivity contribution in [2.75, 3.05) is 0 Å². The maximum Gasteiger partial charge on any atom is 0.137 e. The van der Waals surface area contributed by atoms with E-state index < -0.39 is 5.54 Å². The van der Waals surface area contributed by atoms with Gasteiger partial charge in [0.2, 0.25) is 0 Å². The summed E-state index contributed by atoms with van der Waals surface area (Å²) in [6.07, 6.45) is 1.03. The zero-order valence-electron chi connectivity index (χ0n) is 11.2. The second-order valence-electron chi connectivity index (χ2n) is 4.91. The van der Waals surface area contributed by atoms with Gasteiger partial charge in [0.15, 0.2) is 0 Å². The Bertz CT molecular complexity index is 615. The van der Waals surface area contributed by atoms with E-state index in [1.807, 2.05) is 6.92 Å². The highest BCUT2D eigenvalue weighted by Gasteiger charge is 2.28. The fraction of sp³-hybridized carbons (Fsp3) is 0.250. The molecule has 0 aromatic heterocycles. The van der Waals surface area contributed by atoms with Crippen LogP contribution in [0.2, 0.25) is 0 Å². The SMILES string of the molecule is CCC(N)(Cc1ccc(F)c(Br)c1)c1ccccc1F. The lowest BCUT2D eigenvalue weighted by Gasteiger charge is -2.29. The van der Waals surface area contributed by atoms with E-state index in [1.54, 1.807) is 30.3 Å². The second-order valence-corrected chi connectivity index (χ2v) is 5.77. The van der Waals surface area contributed by atoms with E-state index in [1.165, 1.54) is 12.1 Å². The molecule has 106 valence electrons. The molecule has 4 heteroatoms. The van der Waals surface area contributed by atoms with Crippen LogP contribution in [0.3, 0.4) is 0 Å². The summed E-state index contributed by atoms with van der Waals surface area (Å²) in [4.78, 5) is 0. The largest absolute Gasteiger partial charge is 0.321 e. The summed E-state index contributed by atoms with van der Waals surface area (Å²) >= 11 is 3.16. The van der Waals surface area contributed by atoms with E-state index in [0.29, 0.717) is 22.9 Å². The minimum atomic E-state index is -0.803. The van der Waals surface area contributed by atoms with E-state index in [0.717, 1.165) is 5.56 Å². The average Bonchev–Trinajstić information content (AvgIpc) is 2.43. The maximum absolute atomic E-state index is 14.0. The molecule has 2 aromatic rings. The number of nitrogens with two attached hydrogens (primary N) is 1. The average molecular weight is 340 g/mol. The zero-order valence-corrected chi connectivity index (χ0v) is 12.8. The fourth-order valence-electron chi connectivity index (χ4n) is 2.29. The summed E-state index contributed by atoms with van der Waals surface area (Å²) in [5.41, 5.74) is 6.94. The molecule has 0 saturated heterocycles. The summed E-state index contributed by atoms with van der Waals surface area (Å²) in [7, 11) is 0. The van der Waals surface area contributed by atoms with Gasteiger partial charge >= 0.3 is 0 Å². The van der Waals surface area contributed by atoms with Crippen LogP contribution < -0.4 is 5.73 Å². The van der Waals surface area contributed by atoms with E-state index in [2.05, 4.69) is 15.9 Å². The number of halogens is 3. The predicted octanol–water partition coefficient (Wildman–Crippen LogP) is 4.53. The first-order chi connectivity index (χ1) is 9.46. The van der Waals surface area contributed by atoms with Crippen molar-refractivity contribution in [2.24, 2.45) is 5.73 Å². The van der Waals surface area contributed by atoms with Crippen LogP contribution in [0.4, 0.5) is 8.78 Å². The molecule has 0 heterocycles. The molecule has 1 atom stereocenters. The molecular formula is C16H16BrF2N. The van der Waals surface area contributed by atoms with Crippen molar-refractivity contribution in [1.82, 2.24) is 0 Å². The molecule has 0 spiro atoms. The van der Waals surface area contributed by atoms with Crippen molar-refractivity contribution in [3.05, 3.63) is 69.7 Å². The van der Waals surface area contributed by atoms with Crippen LogP contribution in [0.5, 0.6) is 0 Å². The molecular weight excluding hydrogens is 324 g/mol. The highest BCUT2D eigenvalue weighted by atomic mass is 79.9. The first kappa shape index (κ1) is 15.1. The molecule has 0 fully saturated rings. The molecule has 0 bridgehead atoms. The van der Waals surface area contributed by atoms with Gasteiger partial charge in [-0.1, -0.05) is 31.2 Å². The molecule has 0 aliphatic carbocycles.